The molecule has 15 heavy (non-hydrogen) atoms. The number of furan rings is 1. The molecule has 1 heterocycles. The van der Waals surface area contributed by atoms with Crippen molar-refractivity contribution in [1.82, 2.24) is 5.32 Å². The summed E-state index contributed by atoms with van der Waals surface area (Å²) < 4.78 is 5.31. The molecule has 0 saturated carbocycles. The third kappa shape index (κ3) is 3.09. The lowest BCUT2D eigenvalue weighted by atomic mass is 10.2. The van der Waals surface area contributed by atoms with E-state index in [1.807, 2.05) is 20.8 Å². The number of halogens is 1. The van der Waals surface area contributed by atoms with Crippen molar-refractivity contribution < 1.29 is 9.21 Å². The van der Waals surface area contributed by atoms with Gasteiger partial charge < -0.3 is 9.73 Å². The van der Waals surface area contributed by atoms with Gasteiger partial charge in [0, 0.05) is 10.9 Å². The molecule has 0 spiro atoms. The maximum atomic E-state index is 11.8. The highest BCUT2D eigenvalue weighted by Gasteiger charge is 2.17. The molecule has 3 nitrogen and oxygen atoms in total. The molecule has 84 valence electrons. The van der Waals surface area contributed by atoms with Crippen molar-refractivity contribution in [2.45, 2.75) is 38.6 Å². The van der Waals surface area contributed by atoms with Crippen LogP contribution in [0.3, 0.4) is 0 Å². The van der Waals surface area contributed by atoms with Gasteiger partial charge in [0.2, 0.25) is 0 Å². The number of aryl methyl sites for hydroxylation is 2. The highest BCUT2D eigenvalue weighted by Crippen LogP contribution is 2.14. The quantitative estimate of drug-likeness (QED) is 0.861. The van der Waals surface area contributed by atoms with Crippen LogP contribution in [0.5, 0.6) is 0 Å². The van der Waals surface area contributed by atoms with Crippen LogP contribution in [0.15, 0.2) is 10.5 Å². The van der Waals surface area contributed by atoms with Crippen molar-refractivity contribution in [3.8, 4) is 0 Å². The van der Waals surface area contributed by atoms with Gasteiger partial charge in [-0.1, -0.05) is 22.9 Å². The molecule has 0 fully saturated rings. The van der Waals surface area contributed by atoms with Gasteiger partial charge in [-0.2, -0.15) is 0 Å². The van der Waals surface area contributed by atoms with E-state index in [1.165, 1.54) is 0 Å². The number of amides is 1. The molecule has 0 aliphatic carbocycles. The van der Waals surface area contributed by atoms with E-state index in [2.05, 4.69) is 21.2 Å². The molecular weight excluding hydrogens is 258 g/mol. The van der Waals surface area contributed by atoms with Gasteiger partial charge in [-0.05, 0) is 26.8 Å². The molecule has 4 heteroatoms. The Balaban J connectivity index is 2.73. The molecular formula is C11H16BrNO2. The number of hydrogen-bond acceptors (Lipinski definition) is 2. The smallest absolute Gasteiger partial charge is 0.255 e. The fraction of sp³-hybridized carbons (Fsp3) is 0.545. The summed E-state index contributed by atoms with van der Waals surface area (Å²) >= 11 is 3.43. The second-order valence-corrected chi connectivity index (χ2v) is 5.21. The van der Waals surface area contributed by atoms with Gasteiger partial charge in [0.1, 0.15) is 11.5 Å². The Morgan fingerprint density at radius 2 is 2.07 bits per heavy atom. The summed E-state index contributed by atoms with van der Waals surface area (Å²) in [7, 11) is 0. The zero-order chi connectivity index (χ0) is 11.6. The first-order chi connectivity index (χ1) is 6.91. The van der Waals surface area contributed by atoms with Crippen LogP contribution < -0.4 is 5.32 Å². The average Bonchev–Trinajstić information content (AvgIpc) is 2.44. The molecule has 1 aromatic heterocycles. The monoisotopic (exact) mass is 273 g/mol. The fourth-order valence-corrected chi connectivity index (χ4v) is 1.39. The van der Waals surface area contributed by atoms with Crippen LogP contribution in [-0.4, -0.2) is 16.8 Å². The first kappa shape index (κ1) is 12.3. The van der Waals surface area contributed by atoms with Crippen molar-refractivity contribution >= 4 is 21.8 Å². The molecule has 2 atom stereocenters. The minimum atomic E-state index is -0.0804. The third-order valence-corrected chi connectivity index (χ3v) is 3.13. The van der Waals surface area contributed by atoms with Crippen molar-refractivity contribution in [3.05, 3.63) is 23.2 Å². The maximum absolute atomic E-state index is 11.8. The number of alkyl halides is 1. The lowest BCUT2D eigenvalue weighted by molar-refractivity contribution is 0.0939. The van der Waals surface area contributed by atoms with Crippen molar-refractivity contribution in [2.24, 2.45) is 0 Å². The van der Waals surface area contributed by atoms with Crippen LogP contribution >= 0.6 is 15.9 Å². The van der Waals surface area contributed by atoms with E-state index in [-0.39, 0.29) is 16.8 Å². The van der Waals surface area contributed by atoms with Crippen LogP contribution in [0.4, 0.5) is 0 Å². The second-order valence-electron chi connectivity index (χ2n) is 3.77. The molecule has 0 aliphatic rings. The Bertz CT molecular complexity index is 357. The number of carbonyl (C=O) groups is 1. The van der Waals surface area contributed by atoms with E-state index >= 15 is 0 Å². The second kappa shape index (κ2) is 4.84. The normalized spacial score (nSPS) is 14.7. The largest absolute Gasteiger partial charge is 0.466 e. The van der Waals surface area contributed by atoms with E-state index in [9.17, 15) is 4.79 Å². The van der Waals surface area contributed by atoms with Crippen LogP contribution in [-0.2, 0) is 0 Å². The molecule has 0 aromatic carbocycles. The molecule has 1 aromatic rings. The van der Waals surface area contributed by atoms with Crippen molar-refractivity contribution in [2.75, 3.05) is 0 Å². The topological polar surface area (TPSA) is 42.2 Å². The van der Waals surface area contributed by atoms with Crippen LogP contribution in [0, 0.1) is 13.8 Å². The molecule has 2 unspecified atom stereocenters. The minimum absolute atomic E-state index is 0.0804. The lowest BCUT2D eigenvalue weighted by Gasteiger charge is -2.15. The van der Waals surface area contributed by atoms with Gasteiger partial charge >= 0.3 is 0 Å². The summed E-state index contributed by atoms with van der Waals surface area (Å²) in [5.74, 6) is 1.35. The summed E-state index contributed by atoms with van der Waals surface area (Å²) in [6.07, 6.45) is 0. The van der Waals surface area contributed by atoms with E-state index < -0.39 is 0 Å². The molecule has 0 radical (unpaired) electrons. The first-order valence-corrected chi connectivity index (χ1v) is 5.85. The summed E-state index contributed by atoms with van der Waals surface area (Å²) in [6, 6.07) is 1.85. The van der Waals surface area contributed by atoms with E-state index in [4.69, 9.17) is 4.42 Å². The molecule has 1 N–H and O–H groups in total. The Morgan fingerprint density at radius 3 is 2.47 bits per heavy atom. The lowest BCUT2D eigenvalue weighted by Crippen LogP contribution is -2.37. The predicted octanol–water partition coefficient (Wildman–Crippen LogP) is 2.80. The molecule has 0 bridgehead atoms. The Kier molecular flexibility index (Phi) is 3.97. The van der Waals surface area contributed by atoms with E-state index in [1.54, 1.807) is 13.0 Å². The highest BCUT2D eigenvalue weighted by molar-refractivity contribution is 9.09. The number of hydrogen-bond donors (Lipinski definition) is 1. The number of rotatable bonds is 3. The molecule has 0 saturated heterocycles. The van der Waals surface area contributed by atoms with Gasteiger partial charge in [0.25, 0.3) is 5.91 Å². The minimum Gasteiger partial charge on any atom is -0.466 e. The van der Waals surface area contributed by atoms with Gasteiger partial charge in [0.15, 0.2) is 0 Å². The standard InChI is InChI=1S/C11H16BrNO2/c1-6-5-10(9(4)15-6)11(14)13-8(3)7(2)12/h5,7-8H,1-4H3,(H,13,14). The Morgan fingerprint density at radius 1 is 1.47 bits per heavy atom. The summed E-state index contributed by atoms with van der Waals surface area (Å²) in [6.45, 7) is 7.59. The van der Waals surface area contributed by atoms with Crippen LogP contribution in [0.25, 0.3) is 0 Å². The van der Waals surface area contributed by atoms with E-state index in [0.29, 0.717) is 11.3 Å². The van der Waals surface area contributed by atoms with E-state index in [0.717, 1.165) is 5.76 Å². The zero-order valence-electron chi connectivity index (χ0n) is 9.43. The number of nitrogens with one attached hydrogen (secondary N) is 1. The summed E-state index contributed by atoms with van der Waals surface area (Å²) in [5.41, 5.74) is 0.618. The predicted molar refractivity (Wildman–Crippen MR) is 63.5 cm³/mol. The molecule has 0 aliphatic heterocycles. The Labute approximate surface area is 98.4 Å². The van der Waals surface area contributed by atoms with Gasteiger partial charge in [-0.3, -0.25) is 4.79 Å². The summed E-state index contributed by atoms with van der Waals surface area (Å²) in [5, 5.41) is 2.90. The van der Waals surface area contributed by atoms with Gasteiger partial charge in [-0.15, -0.1) is 0 Å². The van der Waals surface area contributed by atoms with Gasteiger partial charge in [-0.25, -0.2) is 0 Å². The number of carbonyl (C=O) groups excluding carboxylic acids is 1. The van der Waals surface area contributed by atoms with Gasteiger partial charge in [0.05, 0.1) is 5.56 Å². The fourth-order valence-electron chi connectivity index (χ4n) is 1.26. The third-order valence-electron chi connectivity index (χ3n) is 2.33. The molecule has 1 rings (SSSR count). The Hall–Kier alpha value is -0.770. The SMILES string of the molecule is Cc1cc(C(=O)NC(C)C(C)Br)c(C)o1. The average molecular weight is 274 g/mol. The van der Waals surface area contributed by atoms with Crippen molar-refractivity contribution in [3.63, 3.8) is 0 Å². The molecule has 1 amide bonds. The van der Waals surface area contributed by atoms with Crippen LogP contribution in [0.2, 0.25) is 0 Å². The summed E-state index contributed by atoms with van der Waals surface area (Å²) in [4.78, 5) is 12.0. The van der Waals surface area contributed by atoms with Crippen LogP contribution in [0.1, 0.15) is 35.7 Å². The highest BCUT2D eigenvalue weighted by atomic mass is 79.9. The zero-order valence-corrected chi connectivity index (χ0v) is 11.0. The maximum Gasteiger partial charge on any atom is 0.255 e. The first-order valence-electron chi connectivity index (χ1n) is 4.93. The van der Waals surface area contributed by atoms with Crippen molar-refractivity contribution in [1.29, 1.82) is 0 Å².